The Hall–Kier alpha value is -1.65. The maximum absolute atomic E-state index is 13.2. The van der Waals surface area contributed by atoms with Crippen molar-refractivity contribution in [2.75, 3.05) is 7.11 Å². The highest BCUT2D eigenvalue weighted by molar-refractivity contribution is 5.75. The van der Waals surface area contributed by atoms with Gasteiger partial charge in [0.05, 0.1) is 13.0 Å². The van der Waals surface area contributed by atoms with Crippen LogP contribution in [-0.4, -0.2) is 23.2 Å². The number of carboxylic acid groups (broad SMARTS) is 1. The molecule has 15 heavy (non-hydrogen) atoms. The second-order valence-electron chi connectivity index (χ2n) is 3.06. The lowest BCUT2D eigenvalue weighted by Gasteiger charge is -2.10. The Labute approximate surface area is 86.7 Å². The summed E-state index contributed by atoms with van der Waals surface area (Å²) < 4.78 is 17.9. The summed E-state index contributed by atoms with van der Waals surface area (Å²) in [7, 11) is 1.31. The fourth-order valence-electron chi connectivity index (χ4n) is 1.33. The smallest absolute Gasteiger partial charge is 0.311 e. The summed E-state index contributed by atoms with van der Waals surface area (Å²) in [6.45, 7) is 1.72. The first kappa shape index (κ1) is 11.4. The normalized spacial score (nSPS) is 12.2. The summed E-state index contributed by atoms with van der Waals surface area (Å²) in [6, 6.07) is 1.15. The van der Waals surface area contributed by atoms with E-state index in [1.807, 2.05) is 0 Å². The third kappa shape index (κ3) is 2.43. The zero-order valence-corrected chi connectivity index (χ0v) is 8.53. The third-order valence-corrected chi connectivity index (χ3v) is 2.13. The molecule has 82 valence electrons. The van der Waals surface area contributed by atoms with Crippen molar-refractivity contribution in [1.29, 1.82) is 0 Å². The molecule has 1 heterocycles. The number of halogens is 1. The van der Waals surface area contributed by atoms with Crippen LogP contribution in [0, 0.1) is 5.82 Å². The van der Waals surface area contributed by atoms with Gasteiger partial charge in [-0.1, -0.05) is 6.92 Å². The van der Waals surface area contributed by atoms with Gasteiger partial charge >= 0.3 is 5.97 Å². The summed E-state index contributed by atoms with van der Waals surface area (Å²) in [5.41, 5.74) is 0.350. The van der Waals surface area contributed by atoms with E-state index in [4.69, 9.17) is 5.11 Å². The molecule has 0 aromatic carbocycles. The Bertz CT molecular complexity index is 368. The highest BCUT2D eigenvalue weighted by atomic mass is 19.1. The molecule has 0 aliphatic heterocycles. The first-order valence-corrected chi connectivity index (χ1v) is 4.52. The number of methoxy groups -OCH3 is 1. The van der Waals surface area contributed by atoms with Gasteiger partial charge in [0.1, 0.15) is 0 Å². The summed E-state index contributed by atoms with van der Waals surface area (Å²) in [6.07, 6.45) is 1.72. The summed E-state index contributed by atoms with van der Waals surface area (Å²) in [4.78, 5) is 14.5. The molecule has 0 saturated heterocycles. The van der Waals surface area contributed by atoms with Crippen molar-refractivity contribution < 1.29 is 19.0 Å². The van der Waals surface area contributed by atoms with E-state index in [0.717, 1.165) is 6.07 Å². The number of hydrogen-bond donors (Lipinski definition) is 1. The Morgan fingerprint density at radius 3 is 2.80 bits per heavy atom. The molecule has 1 aromatic rings. The van der Waals surface area contributed by atoms with Gasteiger partial charge in [0.2, 0.25) is 5.88 Å². The van der Waals surface area contributed by atoms with Gasteiger partial charge in [-0.3, -0.25) is 4.79 Å². The Balaban J connectivity index is 3.05. The zero-order chi connectivity index (χ0) is 11.4. The molecule has 0 saturated carbocycles. The fraction of sp³-hybridized carbons (Fsp3) is 0.400. The molecule has 1 atom stereocenters. The molecule has 0 fully saturated rings. The van der Waals surface area contributed by atoms with E-state index in [0.29, 0.717) is 12.0 Å². The van der Waals surface area contributed by atoms with Gasteiger partial charge < -0.3 is 9.84 Å². The number of hydrogen-bond acceptors (Lipinski definition) is 3. The molecule has 1 N–H and O–H groups in total. The average molecular weight is 213 g/mol. The molecule has 0 radical (unpaired) electrons. The van der Waals surface area contributed by atoms with Crippen LogP contribution in [0.3, 0.4) is 0 Å². The van der Waals surface area contributed by atoms with Crippen molar-refractivity contribution in [1.82, 2.24) is 4.98 Å². The molecule has 1 unspecified atom stereocenters. The largest absolute Gasteiger partial charge is 0.481 e. The molecule has 0 aliphatic rings. The van der Waals surface area contributed by atoms with Crippen LogP contribution in [0.4, 0.5) is 4.39 Å². The monoisotopic (exact) mass is 213 g/mol. The van der Waals surface area contributed by atoms with E-state index in [1.165, 1.54) is 13.3 Å². The number of carboxylic acids is 1. The number of carbonyl (C=O) groups is 1. The maximum atomic E-state index is 13.2. The number of aliphatic carboxylic acids is 1. The van der Waals surface area contributed by atoms with E-state index in [9.17, 15) is 9.18 Å². The molecule has 1 rings (SSSR count). The molecular formula is C10H12FNO3. The topological polar surface area (TPSA) is 59.4 Å². The van der Waals surface area contributed by atoms with Crippen LogP contribution < -0.4 is 4.74 Å². The highest BCUT2D eigenvalue weighted by Gasteiger charge is 2.19. The molecule has 0 amide bonds. The number of aromatic nitrogens is 1. The first-order chi connectivity index (χ1) is 7.10. The molecule has 1 aromatic heterocycles. The van der Waals surface area contributed by atoms with Crippen LogP contribution in [0.5, 0.6) is 5.88 Å². The van der Waals surface area contributed by atoms with Gasteiger partial charge in [0, 0.05) is 6.20 Å². The van der Waals surface area contributed by atoms with Crippen LogP contribution in [0.15, 0.2) is 12.3 Å². The lowest BCUT2D eigenvalue weighted by molar-refractivity contribution is -0.138. The predicted octanol–water partition coefficient (Wildman–Crippen LogP) is 1.81. The Kier molecular flexibility index (Phi) is 3.60. The minimum absolute atomic E-state index is 0.126. The van der Waals surface area contributed by atoms with E-state index < -0.39 is 17.7 Å². The fourth-order valence-corrected chi connectivity index (χ4v) is 1.33. The second-order valence-corrected chi connectivity index (χ2v) is 3.06. The van der Waals surface area contributed by atoms with Gasteiger partial charge in [0.15, 0.2) is 5.82 Å². The summed E-state index contributed by atoms with van der Waals surface area (Å²) >= 11 is 0. The number of pyridine rings is 1. The van der Waals surface area contributed by atoms with E-state index >= 15 is 0 Å². The maximum Gasteiger partial charge on any atom is 0.311 e. The van der Waals surface area contributed by atoms with E-state index in [-0.39, 0.29) is 5.88 Å². The minimum Gasteiger partial charge on any atom is -0.481 e. The van der Waals surface area contributed by atoms with E-state index in [2.05, 4.69) is 9.72 Å². The summed E-state index contributed by atoms with van der Waals surface area (Å²) in [5.74, 6) is -2.48. The molecular weight excluding hydrogens is 201 g/mol. The van der Waals surface area contributed by atoms with Crippen LogP contribution in [0.1, 0.15) is 24.8 Å². The van der Waals surface area contributed by atoms with Crippen molar-refractivity contribution in [3.63, 3.8) is 0 Å². The predicted molar refractivity (Wildman–Crippen MR) is 51.4 cm³/mol. The van der Waals surface area contributed by atoms with Crippen LogP contribution in [0.25, 0.3) is 0 Å². The molecule has 0 bridgehead atoms. The van der Waals surface area contributed by atoms with Gasteiger partial charge in [-0.05, 0) is 18.1 Å². The molecule has 5 heteroatoms. The number of rotatable bonds is 4. The van der Waals surface area contributed by atoms with Gasteiger partial charge in [-0.15, -0.1) is 0 Å². The zero-order valence-electron chi connectivity index (χ0n) is 8.53. The van der Waals surface area contributed by atoms with Crippen LogP contribution >= 0.6 is 0 Å². The van der Waals surface area contributed by atoms with Gasteiger partial charge in [-0.25, -0.2) is 9.37 Å². The van der Waals surface area contributed by atoms with Gasteiger partial charge in [0.25, 0.3) is 0 Å². The number of ether oxygens (including phenoxy) is 1. The van der Waals surface area contributed by atoms with Crippen molar-refractivity contribution in [2.24, 2.45) is 0 Å². The van der Waals surface area contributed by atoms with E-state index in [1.54, 1.807) is 6.92 Å². The SMILES string of the molecule is CCC(C(=O)O)c1cnc(OC)c(F)c1. The third-order valence-electron chi connectivity index (χ3n) is 2.13. The lowest BCUT2D eigenvalue weighted by Crippen LogP contribution is -2.11. The average Bonchev–Trinajstić information content (AvgIpc) is 2.18. The molecule has 0 aliphatic carbocycles. The van der Waals surface area contributed by atoms with Crippen molar-refractivity contribution >= 4 is 5.97 Å². The molecule has 0 spiro atoms. The lowest BCUT2D eigenvalue weighted by atomic mass is 9.98. The minimum atomic E-state index is -0.983. The standard InChI is InChI=1S/C10H12FNO3/c1-3-7(10(13)14)6-4-8(11)9(15-2)12-5-6/h4-5,7H,3H2,1-2H3,(H,13,14). The molecule has 4 nitrogen and oxygen atoms in total. The van der Waals surface area contributed by atoms with Crippen molar-refractivity contribution in [2.45, 2.75) is 19.3 Å². The highest BCUT2D eigenvalue weighted by Crippen LogP contribution is 2.22. The van der Waals surface area contributed by atoms with Crippen molar-refractivity contribution in [3.05, 3.63) is 23.6 Å². The van der Waals surface area contributed by atoms with Gasteiger partial charge in [-0.2, -0.15) is 0 Å². The van der Waals surface area contributed by atoms with Crippen LogP contribution in [0.2, 0.25) is 0 Å². The second kappa shape index (κ2) is 4.72. The summed E-state index contributed by atoms with van der Waals surface area (Å²) in [5, 5.41) is 8.86. The number of nitrogens with zero attached hydrogens (tertiary/aromatic N) is 1. The van der Waals surface area contributed by atoms with Crippen molar-refractivity contribution in [3.8, 4) is 5.88 Å². The van der Waals surface area contributed by atoms with Crippen LogP contribution in [-0.2, 0) is 4.79 Å². The Morgan fingerprint density at radius 1 is 1.73 bits per heavy atom. The quantitative estimate of drug-likeness (QED) is 0.828. The first-order valence-electron chi connectivity index (χ1n) is 4.52. The Morgan fingerprint density at radius 2 is 2.40 bits per heavy atom.